The van der Waals surface area contributed by atoms with E-state index in [1.54, 1.807) is 6.34 Å². The maximum Gasteiger partial charge on any atom is 0.0944 e. The van der Waals surface area contributed by atoms with E-state index in [4.69, 9.17) is 0 Å². The molecule has 0 bridgehead atoms. The van der Waals surface area contributed by atoms with Crippen LogP contribution in [0.25, 0.3) is 0 Å². The van der Waals surface area contributed by atoms with Gasteiger partial charge in [-0.3, -0.25) is 0 Å². The summed E-state index contributed by atoms with van der Waals surface area (Å²) in [5, 5.41) is 0. The van der Waals surface area contributed by atoms with E-state index < -0.39 is 0 Å². The van der Waals surface area contributed by atoms with Gasteiger partial charge < -0.3 is 4.90 Å². The molecule has 1 heterocycles. The lowest BCUT2D eigenvalue weighted by Gasteiger charge is -2.27. The molecule has 1 rings (SSSR count). The highest BCUT2D eigenvalue weighted by Crippen LogP contribution is 2.28. The van der Waals surface area contributed by atoms with Crippen molar-refractivity contribution in [3.05, 3.63) is 24.6 Å². The largest absolute Gasteiger partial charge is 0.339 e. The van der Waals surface area contributed by atoms with Gasteiger partial charge in [-0.15, -0.1) is 0 Å². The van der Waals surface area contributed by atoms with Crippen LogP contribution in [-0.4, -0.2) is 18.3 Å². The van der Waals surface area contributed by atoms with Crippen molar-refractivity contribution in [3.63, 3.8) is 0 Å². The van der Waals surface area contributed by atoms with Crippen molar-refractivity contribution < 1.29 is 0 Å². The third-order valence-electron chi connectivity index (χ3n) is 1.99. The van der Waals surface area contributed by atoms with E-state index in [1.807, 2.05) is 18.1 Å². The van der Waals surface area contributed by atoms with Crippen LogP contribution < -0.4 is 0 Å². The molecule has 0 N–H and O–H groups in total. The molecule has 0 aromatic heterocycles. The molecule has 60 valence electrons. The number of hydrogen-bond acceptors (Lipinski definition) is 2. The van der Waals surface area contributed by atoms with E-state index in [1.165, 1.54) is 0 Å². The monoisotopic (exact) mass is 150 g/mol. The minimum absolute atomic E-state index is 0.0191. The molecule has 0 atom stereocenters. The third-order valence-corrected chi connectivity index (χ3v) is 1.99. The molecule has 0 unspecified atom stereocenters. The molecule has 0 aromatic rings. The van der Waals surface area contributed by atoms with Crippen LogP contribution in [0.5, 0.6) is 0 Å². The molecule has 0 fully saturated rings. The van der Waals surface area contributed by atoms with Crippen LogP contribution in [0, 0.1) is 5.41 Å². The van der Waals surface area contributed by atoms with Crippen LogP contribution in [0.1, 0.15) is 13.8 Å². The maximum atomic E-state index is 4.06. The molecule has 2 nitrogen and oxygen atoms in total. The molecular formula is C9H14N2. The smallest absolute Gasteiger partial charge is 0.0944 e. The first-order chi connectivity index (χ1) is 5.04. The van der Waals surface area contributed by atoms with Gasteiger partial charge in [-0.05, 0) is 0 Å². The van der Waals surface area contributed by atoms with Gasteiger partial charge in [-0.25, -0.2) is 4.99 Å². The highest BCUT2D eigenvalue weighted by Gasteiger charge is 2.21. The van der Waals surface area contributed by atoms with Crippen molar-refractivity contribution in [2.75, 3.05) is 7.05 Å². The Morgan fingerprint density at radius 2 is 2.18 bits per heavy atom. The van der Waals surface area contributed by atoms with E-state index in [0.717, 1.165) is 5.70 Å². The summed E-state index contributed by atoms with van der Waals surface area (Å²) in [5.41, 5.74) is 1.08. The minimum Gasteiger partial charge on any atom is -0.339 e. The lowest BCUT2D eigenvalue weighted by Crippen LogP contribution is -2.24. The number of aliphatic imine (C=N–C) groups is 1. The standard InChI is InChI=1S/C9H14N2/c1-8-9(2,3)5-6-10-7-11(8)4/h5-7H,1H2,2-4H3. The third kappa shape index (κ3) is 1.50. The van der Waals surface area contributed by atoms with Crippen LogP contribution in [0.15, 0.2) is 29.5 Å². The molecule has 11 heavy (non-hydrogen) atoms. The molecular weight excluding hydrogens is 136 g/mol. The average Bonchev–Trinajstić information content (AvgIpc) is 2.03. The van der Waals surface area contributed by atoms with Gasteiger partial charge in [0, 0.05) is 24.4 Å². The Kier molecular flexibility index (Phi) is 1.85. The fourth-order valence-electron chi connectivity index (χ4n) is 0.988. The van der Waals surface area contributed by atoms with Gasteiger partial charge in [0.15, 0.2) is 0 Å². The lowest BCUT2D eigenvalue weighted by molar-refractivity contribution is 0.455. The number of rotatable bonds is 0. The molecule has 0 aliphatic carbocycles. The van der Waals surface area contributed by atoms with Gasteiger partial charge >= 0.3 is 0 Å². The Hall–Kier alpha value is -1.05. The second-order valence-corrected chi connectivity index (χ2v) is 3.36. The van der Waals surface area contributed by atoms with Crippen LogP contribution in [0.2, 0.25) is 0 Å². The SMILES string of the molecule is C=C1N(C)C=NC=CC1(C)C. The summed E-state index contributed by atoms with van der Waals surface area (Å²) in [6.07, 6.45) is 5.64. The summed E-state index contributed by atoms with van der Waals surface area (Å²) in [6, 6.07) is 0. The van der Waals surface area contributed by atoms with Crippen molar-refractivity contribution >= 4 is 6.34 Å². The predicted molar refractivity (Wildman–Crippen MR) is 48.3 cm³/mol. The fourth-order valence-corrected chi connectivity index (χ4v) is 0.988. The summed E-state index contributed by atoms with van der Waals surface area (Å²) in [7, 11) is 1.96. The molecule has 0 saturated carbocycles. The summed E-state index contributed by atoms with van der Waals surface area (Å²) in [6.45, 7) is 8.24. The van der Waals surface area contributed by atoms with Crippen LogP contribution in [0.3, 0.4) is 0 Å². The van der Waals surface area contributed by atoms with Crippen molar-refractivity contribution in [2.24, 2.45) is 10.4 Å². The summed E-state index contributed by atoms with van der Waals surface area (Å²) in [4.78, 5) is 6.00. The van der Waals surface area contributed by atoms with Gasteiger partial charge in [0.1, 0.15) is 0 Å². The van der Waals surface area contributed by atoms with Crippen molar-refractivity contribution in [2.45, 2.75) is 13.8 Å². The first-order valence-corrected chi connectivity index (χ1v) is 3.67. The van der Waals surface area contributed by atoms with Crippen molar-refractivity contribution in [1.29, 1.82) is 0 Å². The van der Waals surface area contributed by atoms with Gasteiger partial charge in [0.25, 0.3) is 0 Å². The Morgan fingerprint density at radius 1 is 1.55 bits per heavy atom. The van der Waals surface area contributed by atoms with Crippen molar-refractivity contribution in [1.82, 2.24) is 4.90 Å². The Morgan fingerprint density at radius 3 is 2.82 bits per heavy atom. The topological polar surface area (TPSA) is 15.6 Å². The highest BCUT2D eigenvalue weighted by atomic mass is 15.1. The Balaban J connectivity index is 2.96. The zero-order valence-electron chi connectivity index (χ0n) is 7.33. The summed E-state index contributed by atoms with van der Waals surface area (Å²) in [5.74, 6) is 0. The highest BCUT2D eigenvalue weighted by molar-refractivity contribution is 5.60. The van der Waals surface area contributed by atoms with E-state index in [2.05, 4.69) is 31.5 Å². The van der Waals surface area contributed by atoms with E-state index in [9.17, 15) is 0 Å². The van der Waals surface area contributed by atoms with E-state index in [-0.39, 0.29) is 5.41 Å². The Labute approximate surface area is 67.9 Å². The number of allylic oxidation sites excluding steroid dienone is 1. The molecule has 2 heteroatoms. The first kappa shape index (κ1) is 8.05. The molecule has 0 aromatic carbocycles. The van der Waals surface area contributed by atoms with Crippen LogP contribution >= 0.6 is 0 Å². The lowest BCUT2D eigenvalue weighted by atomic mass is 9.89. The molecule has 0 saturated heterocycles. The first-order valence-electron chi connectivity index (χ1n) is 3.67. The van der Waals surface area contributed by atoms with Crippen molar-refractivity contribution in [3.8, 4) is 0 Å². The van der Waals surface area contributed by atoms with Gasteiger partial charge in [0.05, 0.1) is 6.34 Å². The summed E-state index contributed by atoms with van der Waals surface area (Å²) < 4.78 is 0. The van der Waals surface area contributed by atoms with Gasteiger partial charge in [0.2, 0.25) is 0 Å². The van der Waals surface area contributed by atoms with Crippen LogP contribution in [-0.2, 0) is 0 Å². The molecule has 0 radical (unpaired) electrons. The fraction of sp³-hybridized carbons (Fsp3) is 0.444. The average molecular weight is 150 g/mol. The molecule has 1 aliphatic heterocycles. The molecule has 0 spiro atoms. The second-order valence-electron chi connectivity index (χ2n) is 3.36. The summed E-state index contributed by atoms with van der Waals surface area (Å²) >= 11 is 0. The maximum absolute atomic E-state index is 4.06. The second kappa shape index (κ2) is 2.53. The quantitative estimate of drug-likeness (QED) is 0.515. The van der Waals surface area contributed by atoms with E-state index in [0.29, 0.717) is 0 Å². The Bertz CT molecular complexity index is 224. The van der Waals surface area contributed by atoms with Gasteiger partial charge in [-0.1, -0.05) is 26.5 Å². The molecule has 0 amide bonds. The van der Waals surface area contributed by atoms with E-state index >= 15 is 0 Å². The van der Waals surface area contributed by atoms with Crippen LogP contribution in [0.4, 0.5) is 0 Å². The zero-order chi connectivity index (χ0) is 8.48. The normalized spacial score (nSPS) is 22.1. The number of hydrogen-bond donors (Lipinski definition) is 0. The minimum atomic E-state index is 0.0191. The van der Waals surface area contributed by atoms with Gasteiger partial charge in [-0.2, -0.15) is 0 Å². The predicted octanol–water partition coefficient (Wildman–Crippen LogP) is 2.01. The zero-order valence-corrected chi connectivity index (χ0v) is 7.33. The number of nitrogens with zero attached hydrogens (tertiary/aromatic N) is 2. The molecule has 1 aliphatic rings.